The predicted molar refractivity (Wildman–Crippen MR) is 282 cm³/mol. The number of rotatable bonds is 26. The monoisotopic (exact) mass is 849 g/mol. The molecule has 7 aromatic rings. The van der Waals surface area contributed by atoms with Crippen molar-refractivity contribution in [2.45, 2.75) is 156 Å². The highest BCUT2D eigenvalue weighted by Gasteiger charge is 2.25. The number of hydrogen-bond donors (Lipinski definition) is 0. The van der Waals surface area contributed by atoms with Gasteiger partial charge in [0.2, 0.25) is 0 Å². The standard InChI is InChI=1S/C62H76N2/c1-5-9-13-17-25-49-33-41-53(42-34-49)63(54-43-35-50(36-44-54)26-18-14-10-6-2)61-57-29-21-23-31-59(57)62(60-32-24-22-30-58(60)61)64(55-45-37-51(38-46-55)27-19-15-11-7-3)56-47-39-52(40-48-56)28-20-16-12-8-4/h21-24,29-48H,5-20,25-28H2,1-4H3. The van der Waals surface area contributed by atoms with Gasteiger partial charge in [0.05, 0.1) is 11.4 Å². The van der Waals surface area contributed by atoms with Crippen molar-refractivity contribution in [2.75, 3.05) is 9.80 Å². The molecule has 64 heavy (non-hydrogen) atoms. The van der Waals surface area contributed by atoms with E-state index in [1.807, 2.05) is 0 Å². The maximum atomic E-state index is 2.54. The van der Waals surface area contributed by atoms with Crippen LogP contribution >= 0.6 is 0 Å². The number of hydrogen-bond acceptors (Lipinski definition) is 2. The van der Waals surface area contributed by atoms with E-state index >= 15 is 0 Å². The van der Waals surface area contributed by atoms with Crippen LogP contribution in [0, 0.1) is 0 Å². The second-order valence-corrected chi connectivity index (χ2v) is 18.4. The summed E-state index contributed by atoms with van der Waals surface area (Å²) in [4.78, 5) is 5.09. The van der Waals surface area contributed by atoms with Crippen molar-refractivity contribution in [3.8, 4) is 0 Å². The molecule has 7 aromatic carbocycles. The van der Waals surface area contributed by atoms with Crippen LogP contribution in [-0.2, 0) is 25.7 Å². The van der Waals surface area contributed by atoms with Crippen molar-refractivity contribution in [1.29, 1.82) is 0 Å². The molecule has 0 aliphatic rings. The lowest BCUT2D eigenvalue weighted by Gasteiger charge is -2.33. The van der Waals surface area contributed by atoms with E-state index in [9.17, 15) is 0 Å². The van der Waals surface area contributed by atoms with E-state index in [4.69, 9.17) is 0 Å². The van der Waals surface area contributed by atoms with Crippen molar-refractivity contribution in [3.05, 3.63) is 168 Å². The summed E-state index contributed by atoms with van der Waals surface area (Å²) < 4.78 is 0. The topological polar surface area (TPSA) is 6.48 Å². The van der Waals surface area contributed by atoms with E-state index in [1.54, 1.807) is 0 Å². The molecular formula is C62H76N2. The van der Waals surface area contributed by atoms with Gasteiger partial charge in [-0.15, -0.1) is 0 Å². The summed E-state index contributed by atoms with van der Waals surface area (Å²) in [5.74, 6) is 0. The normalized spacial score (nSPS) is 11.4. The molecule has 0 unspecified atom stereocenters. The molecule has 7 rings (SSSR count). The molecule has 2 nitrogen and oxygen atoms in total. The minimum Gasteiger partial charge on any atom is -0.309 e. The summed E-state index contributed by atoms with van der Waals surface area (Å²) in [6.45, 7) is 9.17. The molecule has 0 saturated carbocycles. The Hall–Kier alpha value is -5.34. The summed E-state index contributed by atoms with van der Waals surface area (Å²) in [5.41, 5.74) is 12.9. The zero-order chi connectivity index (χ0) is 44.4. The predicted octanol–water partition coefficient (Wildman–Crippen LogP) is 19.4. The van der Waals surface area contributed by atoms with E-state index in [0.717, 1.165) is 25.7 Å². The number of anilines is 6. The SMILES string of the molecule is CCCCCCc1ccc(N(c2ccc(CCCCCC)cc2)c2c3ccccc3c(N(c3ccc(CCCCCC)cc3)c3ccc(CCCCCC)cc3)c3ccccc23)cc1. The molecule has 0 aromatic heterocycles. The third-order valence-electron chi connectivity index (χ3n) is 13.4. The van der Waals surface area contributed by atoms with E-state index in [0.29, 0.717) is 0 Å². The van der Waals surface area contributed by atoms with Crippen molar-refractivity contribution < 1.29 is 0 Å². The van der Waals surface area contributed by atoms with Crippen molar-refractivity contribution in [3.63, 3.8) is 0 Å². The van der Waals surface area contributed by atoms with Gasteiger partial charge in [-0.1, -0.05) is 202 Å². The Labute approximate surface area is 387 Å². The molecule has 2 heteroatoms. The fraction of sp³-hybridized carbons (Fsp3) is 0.387. The van der Waals surface area contributed by atoms with Gasteiger partial charge in [-0.3, -0.25) is 0 Å². The Morgan fingerprint density at radius 1 is 0.250 bits per heavy atom. The molecule has 0 spiro atoms. The summed E-state index contributed by atoms with van der Waals surface area (Å²) in [5, 5.41) is 4.98. The van der Waals surface area contributed by atoms with Crippen LogP contribution < -0.4 is 9.80 Å². The molecule has 334 valence electrons. The molecule has 0 radical (unpaired) electrons. The van der Waals surface area contributed by atoms with Gasteiger partial charge >= 0.3 is 0 Å². The van der Waals surface area contributed by atoms with Crippen molar-refractivity contribution in [1.82, 2.24) is 0 Å². The second-order valence-electron chi connectivity index (χ2n) is 18.4. The molecule has 0 fully saturated rings. The number of nitrogens with zero attached hydrogens (tertiary/aromatic N) is 2. The zero-order valence-electron chi connectivity index (χ0n) is 39.9. The van der Waals surface area contributed by atoms with Gasteiger partial charge in [0.15, 0.2) is 0 Å². The Morgan fingerprint density at radius 2 is 0.469 bits per heavy atom. The first kappa shape index (κ1) is 46.6. The van der Waals surface area contributed by atoms with Gasteiger partial charge in [-0.05, 0) is 122 Å². The van der Waals surface area contributed by atoms with Gasteiger partial charge in [0, 0.05) is 44.3 Å². The third kappa shape index (κ3) is 12.1. The molecule has 0 heterocycles. The highest BCUT2D eigenvalue weighted by atomic mass is 15.2. The molecule has 0 N–H and O–H groups in total. The lowest BCUT2D eigenvalue weighted by atomic mass is 9.95. The maximum absolute atomic E-state index is 2.54. The van der Waals surface area contributed by atoms with Crippen LogP contribution in [0.25, 0.3) is 21.5 Å². The summed E-state index contributed by atoms with van der Waals surface area (Å²) in [6, 6.07) is 56.3. The van der Waals surface area contributed by atoms with Crippen LogP contribution in [-0.4, -0.2) is 0 Å². The van der Waals surface area contributed by atoms with Gasteiger partial charge in [0.25, 0.3) is 0 Å². The lowest BCUT2D eigenvalue weighted by molar-refractivity contribution is 0.667. The van der Waals surface area contributed by atoms with E-state index in [1.165, 1.54) is 181 Å². The van der Waals surface area contributed by atoms with Gasteiger partial charge in [-0.25, -0.2) is 0 Å². The molecule has 0 atom stereocenters. The van der Waals surface area contributed by atoms with Gasteiger partial charge < -0.3 is 9.80 Å². The zero-order valence-corrected chi connectivity index (χ0v) is 39.9. The molecular weight excluding hydrogens is 773 g/mol. The highest BCUT2D eigenvalue weighted by Crippen LogP contribution is 2.51. The highest BCUT2D eigenvalue weighted by molar-refractivity contribution is 6.23. The average molecular weight is 849 g/mol. The molecule has 0 saturated heterocycles. The lowest BCUT2D eigenvalue weighted by Crippen LogP contribution is -2.15. The van der Waals surface area contributed by atoms with Crippen LogP contribution in [0.2, 0.25) is 0 Å². The summed E-state index contributed by atoms with van der Waals surface area (Å²) in [6.07, 6.45) is 25.0. The van der Waals surface area contributed by atoms with E-state index in [2.05, 4.69) is 183 Å². The Kier molecular flexibility index (Phi) is 18.0. The second kappa shape index (κ2) is 24.6. The fourth-order valence-corrected chi connectivity index (χ4v) is 9.65. The first-order valence-electron chi connectivity index (χ1n) is 25.5. The molecule has 0 aliphatic carbocycles. The molecule has 0 aliphatic heterocycles. The van der Waals surface area contributed by atoms with Crippen LogP contribution in [0.4, 0.5) is 34.1 Å². The van der Waals surface area contributed by atoms with E-state index < -0.39 is 0 Å². The van der Waals surface area contributed by atoms with Crippen LogP contribution in [0.1, 0.15) is 153 Å². The molecule has 0 amide bonds. The number of benzene rings is 7. The number of unbranched alkanes of at least 4 members (excludes halogenated alkanes) is 12. The number of fused-ring (bicyclic) bond motifs is 2. The Morgan fingerprint density at radius 3 is 0.672 bits per heavy atom. The largest absolute Gasteiger partial charge is 0.309 e. The minimum atomic E-state index is 1.13. The van der Waals surface area contributed by atoms with E-state index in [-0.39, 0.29) is 0 Å². The van der Waals surface area contributed by atoms with Crippen LogP contribution in [0.15, 0.2) is 146 Å². The minimum absolute atomic E-state index is 1.13. The fourth-order valence-electron chi connectivity index (χ4n) is 9.65. The Bertz CT molecular complexity index is 2080. The molecule has 0 bridgehead atoms. The number of aryl methyl sites for hydroxylation is 4. The van der Waals surface area contributed by atoms with Crippen LogP contribution in [0.5, 0.6) is 0 Å². The van der Waals surface area contributed by atoms with Gasteiger partial charge in [-0.2, -0.15) is 0 Å². The van der Waals surface area contributed by atoms with Crippen molar-refractivity contribution >= 4 is 55.7 Å². The summed E-state index contributed by atoms with van der Waals surface area (Å²) >= 11 is 0. The Balaban J connectivity index is 1.38. The van der Waals surface area contributed by atoms with Gasteiger partial charge in [0.1, 0.15) is 0 Å². The maximum Gasteiger partial charge on any atom is 0.0619 e. The van der Waals surface area contributed by atoms with Crippen molar-refractivity contribution in [2.24, 2.45) is 0 Å². The third-order valence-corrected chi connectivity index (χ3v) is 13.4. The first-order chi connectivity index (χ1) is 31.6. The average Bonchev–Trinajstić information content (AvgIpc) is 3.34. The quantitative estimate of drug-likeness (QED) is 0.0304. The first-order valence-corrected chi connectivity index (χ1v) is 25.5. The smallest absolute Gasteiger partial charge is 0.0619 e. The summed E-state index contributed by atoms with van der Waals surface area (Å²) in [7, 11) is 0. The van der Waals surface area contributed by atoms with Crippen LogP contribution in [0.3, 0.4) is 0 Å².